The Balaban J connectivity index is 2.14. The highest BCUT2D eigenvalue weighted by Gasteiger charge is 2.21. The van der Waals surface area contributed by atoms with Gasteiger partial charge in [0.15, 0.2) is 0 Å². The number of nitrogens with zero attached hydrogens (tertiary/aromatic N) is 2. The van der Waals surface area contributed by atoms with Gasteiger partial charge in [0, 0.05) is 13.0 Å². The predicted octanol–water partition coefficient (Wildman–Crippen LogP) is 2.65. The lowest BCUT2D eigenvalue weighted by atomic mass is 10.1. The number of benzene rings is 1. The largest absolute Gasteiger partial charge is 0.369 e. The Morgan fingerprint density at radius 2 is 2.05 bits per heavy atom. The number of ether oxygens (including phenoxy) is 1. The topological polar surface area (TPSA) is 74.2 Å². The zero-order chi connectivity index (χ0) is 14.4. The summed E-state index contributed by atoms with van der Waals surface area (Å²) in [4.78, 5) is 4.47. The van der Waals surface area contributed by atoms with Crippen LogP contribution in [0.15, 0.2) is 34.9 Å². The molecule has 5 heteroatoms. The van der Waals surface area contributed by atoms with Gasteiger partial charge in [0.1, 0.15) is 6.10 Å². The molecular formula is C15H21N3O2. The second-order valence-electron chi connectivity index (χ2n) is 4.85. The molecule has 0 fully saturated rings. The van der Waals surface area contributed by atoms with Crippen LogP contribution in [0.1, 0.15) is 49.1 Å². The third-order valence-corrected chi connectivity index (χ3v) is 3.29. The van der Waals surface area contributed by atoms with Crippen molar-refractivity contribution in [2.24, 2.45) is 5.73 Å². The molecule has 1 aromatic carbocycles. The molecule has 1 aromatic heterocycles. The highest BCUT2D eigenvalue weighted by atomic mass is 16.5. The van der Waals surface area contributed by atoms with Crippen LogP contribution >= 0.6 is 0 Å². The minimum atomic E-state index is -0.296. The summed E-state index contributed by atoms with van der Waals surface area (Å²) in [7, 11) is 1.64. The fourth-order valence-electron chi connectivity index (χ4n) is 2.12. The minimum absolute atomic E-state index is 0.216. The maximum atomic E-state index is 5.52. The van der Waals surface area contributed by atoms with E-state index in [1.54, 1.807) is 7.11 Å². The van der Waals surface area contributed by atoms with Crippen molar-refractivity contribution in [3.05, 3.63) is 47.6 Å². The number of nitrogens with two attached hydrogens (primary N) is 1. The zero-order valence-corrected chi connectivity index (χ0v) is 12.0. The Bertz CT molecular complexity index is 513. The standard InChI is InChI=1S/C15H21N3O2/c1-11(7-6-10-16)15-17-14(18-20-15)13(19-2)12-8-4-3-5-9-12/h3-5,8-9,11,13H,6-7,10,16H2,1-2H3. The molecule has 2 rings (SSSR count). The molecule has 2 N–H and O–H groups in total. The molecule has 0 aliphatic carbocycles. The average Bonchev–Trinajstić information content (AvgIpc) is 2.96. The molecule has 20 heavy (non-hydrogen) atoms. The van der Waals surface area contributed by atoms with Gasteiger partial charge in [-0.2, -0.15) is 4.98 Å². The van der Waals surface area contributed by atoms with Crippen LogP contribution < -0.4 is 5.73 Å². The Hall–Kier alpha value is -1.72. The molecule has 2 unspecified atom stereocenters. The summed E-state index contributed by atoms with van der Waals surface area (Å²) in [5.41, 5.74) is 6.53. The molecule has 0 saturated heterocycles. The van der Waals surface area contributed by atoms with Gasteiger partial charge in [0.25, 0.3) is 0 Å². The predicted molar refractivity (Wildman–Crippen MR) is 76.3 cm³/mol. The summed E-state index contributed by atoms with van der Waals surface area (Å²) in [6, 6.07) is 9.87. The van der Waals surface area contributed by atoms with Crippen molar-refractivity contribution in [3.63, 3.8) is 0 Å². The van der Waals surface area contributed by atoms with E-state index in [1.807, 2.05) is 30.3 Å². The third kappa shape index (κ3) is 3.43. The van der Waals surface area contributed by atoms with Crippen LogP contribution in [0.5, 0.6) is 0 Å². The summed E-state index contributed by atoms with van der Waals surface area (Å²) in [5.74, 6) is 1.42. The Morgan fingerprint density at radius 3 is 2.70 bits per heavy atom. The molecule has 0 radical (unpaired) electrons. The summed E-state index contributed by atoms with van der Waals surface area (Å²) < 4.78 is 10.8. The fraction of sp³-hybridized carbons (Fsp3) is 0.467. The first-order valence-corrected chi connectivity index (χ1v) is 6.87. The zero-order valence-electron chi connectivity index (χ0n) is 12.0. The number of methoxy groups -OCH3 is 1. The lowest BCUT2D eigenvalue weighted by Gasteiger charge is -2.11. The molecule has 0 spiro atoms. The highest BCUT2D eigenvalue weighted by molar-refractivity contribution is 5.22. The molecule has 108 valence electrons. The van der Waals surface area contributed by atoms with Crippen LogP contribution in [0.25, 0.3) is 0 Å². The number of hydrogen-bond donors (Lipinski definition) is 1. The molecule has 2 atom stereocenters. The van der Waals surface area contributed by atoms with E-state index < -0.39 is 0 Å². The quantitative estimate of drug-likeness (QED) is 0.840. The molecular weight excluding hydrogens is 254 g/mol. The second kappa shape index (κ2) is 7.17. The van der Waals surface area contributed by atoms with Gasteiger partial charge in [-0.3, -0.25) is 0 Å². The van der Waals surface area contributed by atoms with Crippen LogP contribution in [-0.4, -0.2) is 23.8 Å². The second-order valence-corrected chi connectivity index (χ2v) is 4.85. The molecule has 5 nitrogen and oxygen atoms in total. The fourth-order valence-corrected chi connectivity index (χ4v) is 2.12. The molecule has 0 aliphatic heterocycles. The number of aromatic nitrogens is 2. The number of rotatable bonds is 7. The van der Waals surface area contributed by atoms with Crippen LogP contribution in [0.3, 0.4) is 0 Å². The summed E-state index contributed by atoms with van der Waals surface area (Å²) in [6.45, 7) is 2.74. The lowest BCUT2D eigenvalue weighted by molar-refractivity contribution is 0.126. The van der Waals surface area contributed by atoms with Crippen molar-refractivity contribution in [2.45, 2.75) is 31.8 Å². The van der Waals surface area contributed by atoms with Crippen LogP contribution in [-0.2, 0) is 4.74 Å². The summed E-state index contributed by atoms with van der Waals surface area (Å²) in [5, 5.41) is 4.05. The van der Waals surface area contributed by atoms with Crippen LogP contribution in [0.4, 0.5) is 0 Å². The number of hydrogen-bond acceptors (Lipinski definition) is 5. The Morgan fingerprint density at radius 1 is 1.30 bits per heavy atom. The summed E-state index contributed by atoms with van der Waals surface area (Å²) >= 11 is 0. The van der Waals surface area contributed by atoms with Crippen LogP contribution in [0.2, 0.25) is 0 Å². The van der Waals surface area contributed by atoms with Crippen molar-refractivity contribution >= 4 is 0 Å². The van der Waals surface area contributed by atoms with E-state index in [-0.39, 0.29) is 12.0 Å². The average molecular weight is 275 g/mol. The third-order valence-electron chi connectivity index (χ3n) is 3.29. The van der Waals surface area contributed by atoms with Gasteiger partial charge in [-0.25, -0.2) is 0 Å². The SMILES string of the molecule is COC(c1ccccc1)c1noc(C(C)CCCN)n1. The van der Waals surface area contributed by atoms with E-state index in [0.717, 1.165) is 18.4 Å². The van der Waals surface area contributed by atoms with E-state index in [0.29, 0.717) is 18.3 Å². The smallest absolute Gasteiger partial charge is 0.229 e. The van der Waals surface area contributed by atoms with E-state index in [2.05, 4.69) is 17.1 Å². The minimum Gasteiger partial charge on any atom is -0.369 e. The van der Waals surface area contributed by atoms with E-state index >= 15 is 0 Å². The van der Waals surface area contributed by atoms with Gasteiger partial charge in [-0.05, 0) is 24.9 Å². The highest BCUT2D eigenvalue weighted by Crippen LogP contribution is 2.25. The normalized spacial score (nSPS) is 14.2. The lowest BCUT2D eigenvalue weighted by Crippen LogP contribution is -2.06. The first kappa shape index (κ1) is 14.7. The Kier molecular flexibility index (Phi) is 5.26. The van der Waals surface area contributed by atoms with Gasteiger partial charge < -0.3 is 15.0 Å². The van der Waals surface area contributed by atoms with Crippen molar-refractivity contribution in [1.82, 2.24) is 10.1 Å². The van der Waals surface area contributed by atoms with Crippen LogP contribution in [0, 0.1) is 0 Å². The van der Waals surface area contributed by atoms with Crippen molar-refractivity contribution in [1.29, 1.82) is 0 Å². The van der Waals surface area contributed by atoms with Crippen molar-refractivity contribution in [3.8, 4) is 0 Å². The maximum absolute atomic E-state index is 5.52. The van der Waals surface area contributed by atoms with Gasteiger partial charge in [-0.15, -0.1) is 0 Å². The molecule has 0 bridgehead atoms. The van der Waals surface area contributed by atoms with Gasteiger partial charge in [0.05, 0.1) is 0 Å². The van der Waals surface area contributed by atoms with Crippen molar-refractivity contribution < 1.29 is 9.26 Å². The van der Waals surface area contributed by atoms with E-state index in [9.17, 15) is 0 Å². The molecule has 0 aliphatic rings. The summed E-state index contributed by atoms with van der Waals surface area (Å²) in [6.07, 6.45) is 1.60. The van der Waals surface area contributed by atoms with E-state index in [4.69, 9.17) is 15.0 Å². The monoisotopic (exact) mass is 275 g/mol. The van der Waals surface area contributed by atoms with Gasteiger partial charge >= 0.3 is 0 Å². The molecule has 1 heterocycles. The first-order valence-electron chi connectivity index (χ1n) is 6.87. The molecule has 2 aromatic rings. The van der Waals surface area contributed by atoms with Crippen molar-refractivity contribution in [2.75, 3.05) is 13.7 Å². The molecule has 0 amide bonds. The molecule has 0 saturated carbocycles. The van der Waals surface area contributed by atoms with Gasteiger partial charge in [0.2, 0.25) is 11.7 Å². The van der Waals surface area contributed by atoms with E-state index in [1.165, 1.54) is 0 Å². The Labute approximate surface area is 119 Å². The first-order chi connectivity index (χ1) is 9.76. The maximum Gasteiger partial charge on any atom is 0.229 e. The van der Waals surface area contributed by atoms with Gasteiger partial charge in [-0.1, -0.05) is 42.4 Å².